The fourth-order valence-electron chi connectivity index (χ4n) is 5.66. The minimum Gasteiger partial charge on any atom is -0.338 e. The Morgan fingerprint density at radius 2 is 1.64 bits per heavy atom. The van der Waals surface area contributed by atoms with E-state index in [-0.39, 0.29) is 17.8 Å². The van der Waals surface area contributed by atoms with Crippen molar-refractivity contribution >= 4 is 17.8 Å². The summed E-state index contributed by atoms with van der Waals surface area (Å²) in [6, 6.07) is 9.62. The van der Waals surface area contributed by atoms with Gasteiger partial charge in [0.05, 0.1) is 11.2 Å². The summed E-state index contributed by atoms with van der Waals surface area (Å²) in [7, 11) is 0. The molecule has 1 unspecified atom stereocenters. The Labute approximate surface area is 229 Å². The van der Waals surface area contributed by atoms with Gasteiger partial charge in [-0.05, 0) is 81.8 Å². The molecule has 5 rings (SSSR count). The average molecular weight is 537 g/mol. The molecule has 3 fully saturated rings. The molecule has 2 aromatic rings. The summed E-state index contributed by atoms with van der Waals surface area (Å²) in [4.78, 5) is 47.6. The van der Waals surface area contributed by atoms with Gasteiger partial charge in [0, 0.05) is 45.0 Å². The van der Waals surface area contributed by atoms with Gasteiger partial charge in [-0.25, -0.2) is 9.59 Å². The van der Waals surface area contributed by atoms with Gasteiger partial charge in [0.2, 0.25) is 5.91 Å². The largest absolute Gasteiger partial charge is 0.354 e. The van der Waals surface area contributed by atoms with Crippen LogP contribution in [0.25, 0.3) is 5.69 Å². The van der Waals surface area contributed by atoms with Crippen LogP contribution in [0.2, 0.25) is 0 Å². The third kappa shape index (κ3) is 6.15. The molecule has 11 nitrogen and oxygen atoms in total. The van der Waals surface area contributed by atoms with Crippen molar-refractivity contribution < 1.29 is 9.59 Å². The molecule has 0 bridgehead atoms. The molecule has 1 spiro atoms. The average Bonchev–Trinajstić information content (AvgIpc) is 3.55. The van der Waals surface area contributed by atoms with Crippen LogP contribution in [0.5, 0.6) is 0 Å². The van der Waals surface area contributed by atoms with Gasteiger partial charge in [-0.2, -0.15) is 4.98 Å². The van der Waals surface area contributed by atoms with Crippen LogP contribution in [0.1, 0.15) is 38.7 Å². The number of anilines is 1. The molecule has 11 heteroatoms. The lowest BCUT2D eigenvalue weighted by molar-refractivity contribution is -0.137. The minimum absolute atomic E-state index is 0.139. The topological polar surface area (TPSA) is 143 Å². The molecular formula is C28H40N8O3. The molecule has 1 atom stereocenters. The first-order valence-corrected chi connectivity index (χ1v) is 13.9. The first kappa shape index (κ1) is 27.3. The molecule has 0 radical (unpaired) electrons. The first-order valence-electron chi connectivity index (χ1n) is 13.9. The van der Waals surface area contributed by atoms with E-state index < -0.39 is 11.2 Å². The van der Waals surface area contributed by atoms with Crippen LogP contribution in [0.15, 0.2) is 41.3 Å². The van der Waals surface area contributed by atoms with E-state index in [0.29, 0.717) is 37.6 Å². The number of nitrogens with zero attached hydrogens (tertiary/aromatic N) is 5. The summed E-state index contributed by atoms with van der Waals surface area (Å²) < 4.78 is 1.46. The van der Waals surface area contributed by atoms with Crippen molar-refractivity contribution in [3.8, 4) is 5.69 Å². The van der Waals surface area contributed by atoms with Crippen LogP contribution < -0.4 is 22.5 Å². The molecule has 3 aliphatic rings. The number of benzene rings is 1. The molecule has 1 aromatic carbocycles. The number of piperidine rings is 1. The number of hydrogen-bond donors (Lipinski definition) is 3. The van der Waals surface area contributed by atoms with E-state index >= 15 is 0 Å². The molecule has 2 saturated heterocycles. The van der Waals surface area contributed by atoms with Crippen LogP contribution in [0.3, 0.4) is 0 Å². The molecule has 3 amide bonds. The van der Waals surface area contributed by atoms with Crippen LogP contribution >= 0.6 is 0 Å². The van der Waals surface area contributed by atoms with Crippen molar-refractivity contribution in [2.45, 2.75) is 51.1 Å². The Bertz CT molecular complexity index is 1250. The highest BCUT2D eigenvalue weighted by Gasteiger charge is 2.52. The van der Waals surface area contributed by atoms with E-state index in [4.69, 9.17) is 11.5 Å². The molecule has 39 heavy (non-hydrogen) atoms. The van der Waals surface area contributed by atoms with E-state index in [9.17, 15) is 14.4 Å². The highest BCUT2D eigenvalue weighted by molar-refractivity contribution is 5.89. The minimum atomic E-state index is -0.944. The van der Waals surface area contributed by atoms with E-state index in [0.717, 1.165) is 31.7 Å². The van der Waals surface area contributed by atoms with Gasteiger partial charge in [0.1, 0.15) is 5.82 Å². The molecule has 5 N–H and O–H groups in total. The van der Waals surface area contributed by atoms with Crippen molar-refractivity contribution in [1.82, 2.24) is 24.3 Å². The first-order chi connectivity index (χ1) is 18.5. The van der Waals surface area contributed by atoms with E-state index in [1.54, 1.807) is 35.9 Å². The number of amides is 3. The Morgan fingerprint density at radius 3 is 2.21 bits per heavy atom. The quantitative estimate of drug-likeness (QED) is 0.500. The number of piperazine rings is 1. The maximum absolute atomic E-state index is 12.7. The monoisotopic (exact) mass is 536 g/mol. The van der Waals surface area contributed by atoms with Gasteiger partial charge in [0.25, 0.3) is 0 Å². The maximum Gasteiger partial charge on any atom is 0.354 e. The summed E-state index contributed by atoms with van der Waals surface area (Å²) in [5, 5.41) is 2.70. The maximum atomic E-state index is 12.7. The summed E-state index contributed by atoms with van der Waals surface area (Å²) in [6.07, 6.45) is 6.20. The highest BCUT2D eigenvalue weighted by Crippen LogP contribution is 2.52. The number of carbonyl (C=O) groups is 2. The van der Waals surface area contributed by atoms with Gasteiger partial charge in [-0.1, -0.05) is 12.1 Å². The number of urea groups is 1. The van der Waals surface area contributed by atoms with Crippen molar-refractivity contribution in [1.29, 1.82) is 0 Å². The predicted molar refractivity (Wildman–Crippen MR) is 150 cm³/mol. The van der Waals surface area contributed by atoms with E-state index in [2.05, 4.69) is 27.3 Å². The fourth-order valence-corrected chi connectivity index (χ4v) is 5.66. The number of likely N-dealkylation sites (tertiary alicyclic amines) is 1. The number of aromatic nitrogens is 2. The SMILES string of the molecule is CC(C)(N)C(=O)N1CCN(C(=O)Nc2ccn(-c3ccc(CCN4CCC5(CC4)CC5N)cc3)c(=O)n2)CC1. The zero-order valence-corrected chi connectivity index (χ0v) is 22.9. The lowest BCUT2D eigenvalue weighted by Gasteiger charge is -2.37. The van der Waals surface area contributed by atoms with Crippen molar-refractivity contribution in [2.24, 2.45) is 16.9 Å². The van der Waals surface area contributed by atoms with Crippen molar-refractivity contribution in [2.75, 3.05) is 51.1 Å². The zero-order chi connectivity index (χ0) is 27.8. The summed E-state index contributed by atoms with van der Waals surface area (Å²) in [5.41, 5.74) is 13.0. The van der Waals surface area contributed by atoms with Gasteiger partial charge >= 0.3 is 11.7 Å². The summed E-state index contributed by atoms with van der Waals surface area (Å²) in [5.74, 6) is 0.0507. The smallest absolute Gasteiger partial charge is 0.338 e. The summed E-state index contributed by atoms with van der Waals surface area (Å²) in [6.45, 7) is 8.19. The Morgan fingerprint density at radius 1 is 1.03 bits per heavy atom. The number of carbonyl (C=O) groups excluding carboxylic acids is 2. The van der Waals surface area contributed by atoms with Gasteiger partial charge < -0.3 is 26.2 Å². The molecule has 3 heterocycles. The van der Waals surface area contributed by atoms with Crippen LogP contribution in [0.4, 0.5) is 10.6 Å². The second kappa shape index (κ2) is 10.7. The van der Waals surface area contributed by atoms with Gasteiger partial charge in [-0.15, -0.1) is 0 Å². The van der Waals surface area contributed by atoms with Crippen LogP contribution in [-0.4, -0.2) is 93.6 Å². The number of nitrogens with one attached hydrogen (secondary N) is 1. The van der Waals surface area contributed by atoms with Crippen molar-refractivity contribution in [3.05, 3.63) is 52.6 Å². The standard InChI is InChI=1S/C28H40N8O3/c1-27(2,30)24(37)34-15-17-35(18-16-34)25(38)31-23-8-12-36(26(39)32-23)21-5-3-20(4-6-21)7-11-33-13-9-28(10-14-33)19-22(28)29/h3-6,8,12,22H,7,9-11,13-19,29-30H2,1-2H3,(H,31,32,38,39). The summed E-state index contributed by atoms with van der Waals surface area (Å²) >= 11 is 0. The second-order valence-electron chi connectivity index (χ2n) is 11.8. The molecule has 1 aromatic heterocycles. The molecule has 210 valence electrons. The number of hydrogen-bond acceptors (Lipinski definition) is 7. The van der Waals surface area contributed by atoms with Crippen LogP contribution in [-0.2, 0) is 11.2 Å². The third-order valence-electron chi connectivity index (χ3n) is 8.48. The number of rotatable bonds is 6. The lowest BCUT2D eigenvalue weighted by atomic mass is 9.92. The third-order valence-corrected chi connectivity index (χ3v) is 8.48. The molecular weight excluding hydrogens is 496 g/mol. The zero-order valence-electron chi connectivity index (χ0n) is 22.9. The van der Waals surface area contributed by atoms with Crippen molar-refractivity contribution in [3.63, 3.8) is 0 Å². The fraction of sp³-hybridized carbons (Fsp3) is 0.571. The Hall–Kier alpha value is -3.28. The van der Waals surface area contributed by atoms with E-state index in [1.165, 1.54) is 29.4 Å². The second-order valence-corrected chi connectivity index (χ2v) is 11.8. The Kier molecular flexibility index (Phi) is 7.49. The molecule has 2 aliphatic heterocycles. The Balaban J connectivity index is 1.11. The van der Waals surface area contributed by atoms with E-state index in [1.807, 2.05) is 12.1 Å². The number of nitrogens with two attached hydrogens (primary N) is 2. The highest BCUT2D eigenvalue weighted by atomic mass is 16.2. The predicted octanol–water partition coefficient (Wildman–Crippen LogP) is 1.00. The molecule has 1 aliphatic carbocycles. The lowest BCUT2D eigenvalue weighted by Crippen LogP contribution is -2.58. The van der Waals surface area contributed by atoms with Gasteiger partial charge in [0.15, 0.2) is 0 Å². The molecule has 1 saturated carbocycles. The normalized spacial score (nSPS) is 21.2. The van der Waals surface area contributed by atoms with Gasteiger partial charge in [-0.3, -0.25) is 14.7 Å². The van der Waals surface area contributed by atoms with Crippen LogP contribution in [0, 0.1) is 5.41 Å².